The molecule has 0 unspecified atom stereocenters. The van der Waals surface area contributed by atoms with E-state index >= 15 is 0 Å². The van der Waals surface area contributed by atoms with Gasteiger partial charge in [-0.15, -0.1) is 0 Å². The van der Waals surface area contributed by atoms with Gasteiger partial charge in [0.1, 0.15) is 5.75 Å². The molecular formula is C10H14ClNO. The molecule has 72 valence electrons. The van der Waals surface area contributed by atoms with Crippen LogP contribution in [0.5, 0.6) is 5.75 Å². The van der Waals surface area contributed by atoms with Gasteiger partial charge in [-0.2, -0.15) is 0 Å². The number of phenols is 1. The molecule has 0 bridgehead atoms. The Bertz CT molecular complexity index is 305. The second-order valence-corrected chi connectivity index (χ2v) is 4.25. The predicted molar refractivity (Wildman–Crippen MR) is 55.1 cm³/mol. The average molecular weight is 200 g/mol. The van der Waals surface area contributed by atoms with E-state index in [1.54, 1.807) is 13.0 Å². The maximum atomic E-state index is 9.42. The third-order valence-electron chi connectivity index (χ3n) is 2.00. The number of aromatic hydroxyl groups is 1. The zero-order chi connectivity index (χ0) is 10.2. The van der Waals surface area contributed by atoms with E-state index in [1.165, 1.54) is 0 Å². The smallest absolute Gasteiger partial charge is 0.137 e. The molecule has 0 spiro atoms. The minimum atomic E-state index is -0.428. The first kappa shape index (κ1) is 10.4. The van der Waals surface area contributed by atoms with Crippen molar-refractivity contribution in [2.45, 2.75) is 26.3 Å². The Labute approximate surface area is 83.3 Å². The van der Waals surface area contributed by atoms with Crippen LogP contribution in [-0.2, 0) is 5.54 Å². The standard InChI is InChI=1S/C10H14ClNO/c1-6-4-7(10(2,3)12)5-8(11)9(6)13/h4-5,13H,12H2,1-3H3. The fourth-order valence-corrected chi connectivity index (χ4v) is 1.38. The first-order valence-electron chi connectivity index (χ1n) is 4.11. The van der Waals surface area contributed by atoms with Gasteiger partial charge in [0, 0.05) is 5.54 Å². The Kier molecular flexibility index (Phi) is 2.55. The van der Waals surface area contributed by atoms with Gasteiger partial charge in [0.05, 0.1) is 5.02 Å². The van der Waals surface area contributed by atoms with Gasteiger partial charge in [-0.05, 0) is 38.0 Å². The summed E-state index contributed by atoms with van der Waals surface area (Å²) in [6, 6.07) is 3.55. The molecule has 13 heavy (non-hydrogen) atoms. The van der Waals surface area contributed by atoms with E-state index in [-0.39, 0.29) is 5.75 Å². The molecule has 0 heterocycles. The SMILES string of the molecule is Cc1cc(C(C)(C)N)cc(Cl)c1O. The number of halogens is 1. The molecule has 3 N–H and O–H groups in total. The van der Waals surface area contributed by atoms with E-state index in [2.05, 4.69) is 0 Å². The number of phenolic OH excluding ortho intramolecular Hbond substituents is 1. The highest BCUT2D eigenvalue weighted by molar-refractivity contribution is 6.32. The van der Waals surface area contributed by atoms with Crippen molar-refractivity contribution in [3.05, 3.63) is 28.3 Å². The van der Waals surface area contributed by atoms with Gasteiger partial charge in [0.25, 0.3) is 0 Å². The summed E-state index contributed by atoms with van der Waals surface area (Å²) in [6.45, 7) is 5.60. The fraction of sp³-hybridized carbons (Fsp3) is 0.400. The van der Waals surface area contributed by atoms with Crippen LogP contribution < -0.4 is 5.73 Å². The quantitative estimate of drug-likeness (QED) is 0.730. The lowest BCUT2D eigenvalue weighted by Crippen LogP contribution is -2.28. The Balaban J connectivity index is 3.29. The molecule has 0 amide bonds. The van der Waals surface area contributed by atoms with Crippen molar-refractivity contribution < 1.29 is 5.11 Å². The number of rotatable bonds is 1. The van der Waals surface area contributed by atoms with Crippen LogP contribution in [0, 0.1) is 6.92 Å². The van der Waals surface area contributed by atoms with E-state index in [4.69, 9.17) is 17.3 Å². The topological polar surface area (TPSA) is 46.2 Å². The molecular weight excluding hydrogens is 186 g/mol. The molecule has 3 heteroatoms. The summed E-state index contributed by atoms with van der Waals surface area (Å²) in [5.41, 5.74) is 7.15. The Morgan fingerprint density at radius 3 is 2.31 bits per heavy atom. The van der Waals surface area contributed by atoms with Crippen LogP contribution in [0.25, 0.3) is 0 Å². The first-order valence-corrected chi connectivity index (χ1v) is 4.48. The Morgan fingerprint density at radius 2 is 1.92 bits per heavy atom. The summed E-state index contributed by atoms with van der Waals surface area (Å²) in [5, 5.41) is 9.78. The lowest BCUT2D eigenvalue weighted by Gasteiger charge is -2.20. The molecule has 0 aliphatic heterocycles. The second-order valence-electron chi connectivity index (χ2n) is 3.85. The lowest BCUT2D eigenvalue weighted by atomic mass is 9.94. The molecule has 1 aromatic carbocycles. The van der Waals surface area contributed by atoms with E-state index in [9.17, 15) is 5.11 Å². The average Bonchev–Trinajstić information content (AvgIpc) is 1.97. The zero-order valence-corrected chi connectivity index (χ0v) is 8.81. The van der Waals surface area contributed by atoms with E-state index in [0.717, 1.165) is 11.1 Å². The highest BCUT2D eigenvalue weighted by Crippen LogP contribution is 2.31. The molecule has 0 aliphatic carbocycles. The van der Waals surface area contributed by atoms with E-state index in [0.29, 0.717) is 5.02 Å². The van der Waals surface area contributed by atoms with Crippen molar-refractivity contribution in [1.29, 1.82) is 0 Å². The molecule has 2 nitrogen and oxygen atoms in total. The van der Waals surface area contributed by atoms with Gasteiger partial charge in [0.15, 0.2) is 0 Å². The summed E-state index contributed by atoms with van der Waals surface area (Å²) in [7, 11) is 0. The van der Waals surface area contributed by atoms with Gasteiger partial charge in [-0.25, -0.2) is 0 Å². The van der Waals surface area contributed by atoms with Gasteiger partial charge in [-0.3, -0.25) is 0 Å². The Hall–Kier alpha value is -0.730. The molecule has 1 rings (SSSR count). The maximum absolute atomic E-state index is 9.42. The maximum Gasteiger partial charge on any atom is 0.137 e. The summed E-state index contributed by atoms with van der Waals surface area (Å²) >= 11 is 5.82. The van der Waals surface area contributed by atoms with Crippen LogP contribution in [-0.4, -0.2) is 5.11 Å². The second kappa shape index (κ2) is 3.20. The predicted octanol–water partition coefficient (Wildman–Crippen LogP) is 2.55. The molecule has 0 aromatic heterocycles. The van der Waals surface area contributed by atoms with Gasteiger partial charge >= 0.3 is 0 Å². The minimum Gasteiger partial charge on any atom is -0.506 e. The summed E-state index contributed by atoms with van der Waals surface area (Å²) in [6.07, 6.45) is 0. The zero-order valence-electron chi connectivity index (χ0n) is 8.06. The monoisotopic (exact) mass is 199 g/mol. The van der Waals surface area contributed by atoms with E-state index in [1.807, 2.05) is 19.9 Å². The van der Waals surface area contributed by atoms with Gasteiger partial charge in [-0.1, -0.05) is 17.7 Å². The van der Waals surface area contributed by atoms with E-state index < -0.39 is 5.54 Å². The van der Waals surface area contributed by atoms with Crippen LogP contribution in [0.4, 0.5) is 0 Å². The van der Waals surface area contributed by atoms with Crippen LogP contribution in [0.15, 0.2) is 12.1 Å². The number of nitrogens with two attached hydrogens (primary N) is 1. The number of hydrogen-bond acceptors (Lipinski definition) is 2. The Morgan fingerprint density at radius 1 is 1.38 bits per heavy atom. The van der Waals surface area contributed by atoms with Crippen molar-refractivity contribution in [2.75, 3.05) is 0 Å². The van der Waals surface area contributed by atoms with Crippen molar-refractivity contribution in [3.8, 4) is 5.75 Å². The molecule has 1 aromatic rings. The molecule has 0 saturated heterocycles. The summed E-state index contributed by atoms with van der Waals surface area (Å²) < 4.78 is 0. The van der Waals surface area contributed by atoms with Crippen molar-refractivity contribution in [1.82, 2.24) is 0 Å². The highest BCUT2D eigenvalue weighted by Gasteiger charge is 2.16. The molecule has 0 saturated carbocycles. The fourth-order valence-electron chi connectivity index (χ4n) is 1.11. The van der Waals surface area contributed by atoms with Crippen molar-refractivity contribution >= 4 is 11.6 Å². The minimum absolute atomic E-state index is 0.134. The molecule has 0 radical (unpaired) electrons. The highest BCUT2D eigenvalue weighted by atomic mass is 35.5. The normalized spacial score (nSPS) is 11.8. The van der Waals surface area contributed by atoms with Crippen molar-refractivity contribution in [2.24, 2.45) is 5.73 Å². The van der Waals surface area contributed by atoms with Gasteiger partial charge < -0.3 is 10.8 Å². The third-order valence-corrected chi connectivity index (χ3v) is 2.29. The van der Waals surface area contributed by atoms with Crippen LogP contribution in [0.1, 0.15) is 25.0 Å². The molecule has 0 atom stereocenters. The van der Waals surface area contributed by atoms with Crippen molar-refractivity contribution in [3.63, 3.8) is 0 Å². The van der Waals surface area contributed by atoms with Crippen LogP contribution in [0.2, 0.25) is 5.02 Å². The van der Waals surface area contributed by atoms with Crippen LogP contribution in [0.3, 0.4) is 0 Å². The molecule has 0 fully saturated rings. The number of aryl methyl sites for hydroxylation is 1. The van der Waals surface area contributed by atoms with Gasteiger partial charge in [0.2, 0.25) is 0 Å². The third kappa shape index (κ3) is 2.14. The summed E-state index contributed by atoms with van der Waals surface area (Å²) in [5.74, 6) is 0.134. The number of hydrogen-bond donors (Lipinski definition) is 2. The molecule has 0 aliphatic rings. The first-order chi connectivity index (χ1) is 5.82. The summed E-state index contributed by atoms with van der Waals surface area (Å²) in [4.78, 5) is 0. The van der Waals surface area contributed by atoms with Crippen LogP contribution >= 0.6 is 11.6 Å². The number of benzene rings is 1. The lowest BCUT2D eigenvalue weighted by molar-refractivity contribution is 0.469. The largest absolute Gasteiger partial charge is 0.506 e.